The van der Waals surface area contributed by atoms with Crippen molar-refractivity contribution in [3.63, 3.8) is 0 Å². The average Bonchev–Trinajstić information content (AvgIpc) is 2.36. The molecule has 0 amide bonds. The molecular weight excluding hydrogens is 259 g/mol. The number of carbonyl (C=O) groups excluding carboxylic acids is 1. The number of halogens is 5. The van der Waals surface area contributed by atoms with Gasteiger partial charge >= 0.3 is 0 Å². The molecule has 1 rings (SSSR count). The molecule has 0 saturated carbocycles. The van der Waals surface area contributed by atoms with Gasteiger partial charge in [0, 0.05) is 0 Å². The van der Waals surface area contributed by atoms with Gasteiger partial charge in [0.15, 0.2) is 5.60 Å². The van der Waals surface area contributed by atoms with Crippen molar-refractivity contribution in [2.24, 2.45) is 0 Å². The summed E-state index contributed by atoms with van der Waals surface area (Å²) in [4.78, 5) is 10.7. The van der Waals surface area contributed by atoms with Gasteiger partial charge < -0.3 is 5.11 Å². The van der Waals surface area contributed by atoms with Gasteiger partial charge in [0.25, 0.3) is 12.9 Å². The summed E-state index contributed by atoms with van der Waals surface area (Å²) in [5.74, 6) is -2.37. The quantitative estimate of drug-likeness (QED) is 0.832. The SMILES string of the molecule is O=C(C(F)F)C(F)C(O)(c1ccccc1)C(F)F. The van der Waals surface area contributed by atoms with Gasteiger partial charge in [-0.25, -0.2) is 22.0 Å². The number of rotatable bonds is 5. The summed E-state index contributed by atoms with van der Waals surface area (Å²) in [6, 6.07) is 5.68. The smallest absolute Gasteiger partial charge is 0.299 e. The van der Waals surface area contributed by atoms with Crippen LogP contribution in [0.2, 0.25) is 0 Å². The molecule has 18 heavy (non-hydrogen) atoms. The van der Waals surface area contributed by atoms with Crippen LogP contribution >= 0.6 is 0 Å². The van der Waals surface area contributed by atoms with E-state index in [-0.39, 0.29) is 0 Å². The summed E-state index contributed by atoms with van der Waals surface area (Å²) in [6.45, 7) is 0. The van der Waals surface area contributed by atoms with Crippen molar-refractivity contribution in [3.8, 4) is 0 Å². The van der Waals surface area contributed by atoms with E-state index in [0.717, 1.165) is 12.1 Å². The lowest BCUT2D eigenvalue weighted by Gasteiger charge is -2.30. The van der Waals surface area contributed by atoms with E-state index in [2.05, 4.69) is 0 Å². The highest BCUT2D eigenvalue weighted by molar-refractivity contribution is 5.87. The monoisotopic (exact) mass is 268 g/mol. The molecule has 0 aliphatic rings. The number of hydrogen-bond donors (Lipinski definition) is 1. The number of aliphatic hydroxyl groups is 1. The molecule has 0 radical (unpaired) electrons. The van der Waals surface area contributed by atoms with Crippen LogP contribution in [0, 0.1) is 0 Å². The lowest BCUT2D eigenvalue weighted by Crippen LogP contribution is -2.49. The van der Waals surface area contributed by atoms with Crippen molar-refractivity contribution in [2.75, 3.05) is 0 Å². The largest absolute Gasteiger partial charge is 0.376 e. The van der Waals surface area contributed by atoms with Gasteiger partial charge in [-0.05, 0) is 5.56 Å². The second-order valence-electron chi connectivity index (χ2n) is 3.56. The van der Waals surface area contributed by atoms with E-state index in [1.807, 2.05) is 0 Å². The Morgan fingerprint density at radius 1 is 1.06 bits per heavy atom. The summed E-state index contributed by atoms with van der Waals surface area (Å²) in [5, 5.41) is 9.57. The Balaban J connectivity index is 3.21. The zero-order valence-electron chi connectivity index (χ0n) is 8.86. The summed E-state index contributed by atoms with van der Waals surface area (Å²) >= 11 is 0. The summed E-state index contributed by atoms with van der Waals surface area (Å²) in [7, 11) is 0. The molecule has 1 N–H and O–H groups in total. The van der Waals surface area contributed by atoms with Crippen molar-refractivity contribution >= 4 is 5.78 Å². The molecule has 0 bridgehead atoms. The van der Waals surface area contributed by atoms with E-state index >= 15 is 0 Å². The third-order valence-electron chi connectivity index (χ3n) is 2.42. The number of ketones is 1. The van der Waals surface area contributed by atoms with Crippen LogP contribution in [0.4, 0.5) is 22.0 Å². The molecule has 0 aromatic heterocycles. The van der Waals surface area contributed by atoms with Gasteiger partial charge in [-0.2, -0.15) is 0 Å². The predicted octanol–water partition coefficient (Wildman–Crippen LogP) is 2.31. The molecule has 0 fully saturated rings. The van der Waals surface area contributed by atoms with Crippen molar-refractivity contribution in [1.82, 2.24) is 0 Å². The number of alkyl halides is 5. The minimum Gasteiger partial charge on any atom is -0.376 e. The fourth-order valence-electron chi connectivity index (χ4n) is 1.42. The van der Waals surface area contributed by atoms with Crippen molar-refractivity contribution in [1.29, 1.82) is 0 Å². The Labute approximate surface area is 99.0 Å². The molecule has 0 saturated heterocycles. The Bertz CT molecular complexity index is 409. The average molecular weight is 268 g/mol. The molecule has 1 aromatic rings. The first-order chi connectivity index (χ1) is 8.31. The molecule has 0 aliphatic heterocycles. The van der Waals surface area contributed by atoms with Crippen LogP contribution in [0.1, 0.15) is 5.56 Å². The second-order valence-corrected chi connectivity index (χ2v) is 3.56. The van der Waals surface area contributed by atoms with Crippen molar-refractivity contribution in [3.05, 3.63) is 35.9 Å². The fourth-order valence-corrected chi connectivity index (χ4v) is 1.42. The van der Waals surface area contributed by atoms with Gasteiger partial charge in [0.05, 0.1) is 0 Å². The molecule has 0 spiro atoms. The molecule has 7 heteroatoms. The number of carbonyl (C=O) groups is 1. The lowest BCUT2D eigenvalue weighted by atomic mass is 9.87. The van der Waals surface area contributed by atoms with Crippen molar-refractivity contribution < 1.29 is 31.9 Å². The summed E-state index contributed by atoms with van der Waals surface area (Å²) in [5.41, 5.74) is -4.21. The van der Waals surface area contributed by atoms with Gasteiger partial charge in [-0.3, -0.25) is 4.79 Å². The van der Waals surface area contributed by atoms with Gasteiger partial charge in [0.2, 0.25) is 12.0 Å². The lowest BCUT2D eigenvalue weighted by molar-refractivity contribution is -0.170. The maximum Gasteiger partial charge on any atom is 0.299 e. The van der Waals surface area contributed by atoms with Crippen LogP contribution < -0.4 is 0 Å². The highest BCUT2D eigenvalue weighted by Crippen LogP contribution is 2.35. The van der Waals surface area contributed by atoms with Crippen LogP contribution in [-0.2, 0) is 10.4 Å². The van der Waals surface area contributed by atoms with Crippen LogP contribution in [0.3, 0.4) is 0 Å². The first kappa shape index (κ1) is 14.6. The van der Waals surface area contributed by atoms with Crippen LogP contribution in [0.15, 0.2) is 30.3 Å². The molecule has 1 aromatic carbocycles. The van der Waals surface area contributed by atoms with E-state index in [1.165, 1.54) is 18.2 Å². The van der Waals surface area contributed by atoms with E-state index in [4.69, 9.17) is 0 Å². The Kier molecular flexibility index (Phi) is 4.39. The Morgan fingerprint density at radius 2 is 1.56 bits per heavy atom. The Hall–Kier alpha value is -1.50. The summed E-state index contributed by atoms with van der Waals surface area (Å²) < 4.78 is 63.1. The first-order valence-corrected chi connectivity index (χ1v) is 4.83. The normalized spacial score (nSPS) is 16.7. The van der Waals surface area contributed by atoms with Crippen LogP contribution in [-0.4, -0.2) is 29.9 Å². The molecular formula is C11H9F5O2. The van der Waals surface area contributed by atoms with Crippen LogP contribution in [0.25, 0.3) is 0 Å². The molecule has 0 heterocycles. The standard InChI is InChI=1S/C11H9F5O2/c12-8(7(17)9(13)14)11(18,10(15)16)6-4-2-1-3-5-6/h1-5,8-10,18H. The number of benzene rings is 1. The maximum atomic E-state index is 13.5. The van der Waals surface area contributed by atoms with E-state index < -0.39 is 36.0 Å². The number of hydrogen-bond acceptors (Lipinski definition) is 2. The highest BCUT2D eigenvalue weighted by atomic mass is 19.3. The molecule has 0 aliphatic carbocycles. The summed E-state index contributed by atoms with van der Waals surface area (Å²) in [6.07, 6.45) is -10.9. The van der Waals surface area contributed by atoms with E-state index in [1.54, 1.807) is 0 Å². The molecule has 2 nitrogen and oxygen atoms in total. The minimum absolute atomic E-state index is 0.637. The van der Waals surface area contributed by atoms with Crippen LogP contribution in [0.5, 0.6) is 0 Å². The zero-order chi connectivity index (χ0) is 13.9. The van der Waals surface area contributed by atoms with Gasteiger partial charge in [0.1, 0.15) is 0 Å². The predicted molar refractivity (Wildman–Crippen MR) is 52.2 cm³/mol. The second kappa shape index (κ2) is 5.43. The number of Topliss-reactive ketones (excluding diaryl/α,β-unsaturated/α-hetero) is 1. The third-order valence-corrected chi connectivity index (χ3v) is 2.42. The zero-order valence-corrected chi connectivity index (χ0v) is 8.86. The third kappa shape index (κ3) is 2.50. The molecule has 100 valence electrons. The highest BCUT2D eigenvalue weighted by Gasteiger charge is 2.52. The maximum absolute atomic E-state index is 13.5. The van der Waals surface area contributed by atoms with Gasteiger partial charge in [-0.15, -0.1) is 0 Å². The van der Waals surface area contributed by atoms with E-state index in [0.29, 0.717) is 0 Å². The molecule has 2 unspecified atom stereocenters. The van der Waals surface area contributed by atoms with Crippen molar-refractivity contribution in [2.45, 2.75) is 24.6 Å². The van der Waals surface area contributed by atoms with Gasteiger partial charge in [-0.1, -0.05) is 30.3 Å². The topological polar surface area (TPSA) is 37.3 Å². The first-order valence-electron chi connectivity index (χ1n) is 4.83. The minimum atomic E-state index is -3.77. The van der Waals surface area contributed by atoms with E-state index in [9.17, 15) is 31.9 Å². The Morgan fingerprint density at radius 3 is 1.94 bits per heavy atom. The molecule has 2 atom stereocenters. The fraction of sp³-hybridized carbons (Fsp3) is 0.364.